The van der Waals surface area contributed by atoms with Crippen LogP contribution in [-0.4, -0.2) is 37.2 Å². The molecule has 358 valence electrons. The average Bonchev–Trinajstić information content (AvgIpc) is 3.26. The van der Waals surface area contributed by atoms with Gasteiger partial charge in [0.05, 0.1) is 0 Å². The van der Waals surface area contributed by atoms with E-state index in [1.807, 2.05) is 0 Å². The van der Waals surface area contributed by atoms with Gasteiger partial charge in [-0.05, 0) is 51.4 Å². The van der Waals surface area contributed by atoms with E-state index in [4.69, 9.17) is 14.2 Å². The molecule has 0 saturated carbocycles. The smallest absolute Gasteiger partial charge is 0.306 e. The lowest BCUT2D eigenvalue weighted by Crippen LogP contribution is -2.30. The van der Waals surface area contributed by atoms with Gasteiger partial charge in [-0.15, -0.1) is 0 Å². The van der Waals surface area contributed by atoms with Crippen LogP contribution in [-0.2, 0) is 28.6 Å². The first kappa shape index (κ1) is 58.9. The summed E-state index contributed by atoms with van der Waals surface area (Å²) in [5, 5.41) is 0. The SMILES string of the molecule is CCCCC/C=C\C/C=C\CCCCCCCCCC(=O)OC[C@@H](COC(=O)CCCCCCCCCCCCCC)OC(=O)CCCCCCCCCCCCCCCC. The molecule has 0 saturated heterocycles. The van der Waals surface area contributed by atoms with E-state index >= 15 is 0 Å². The lowest BCUT2D eigenvalue weighted by atomic mass is 10.0. The Hall–Kier alpha value is -2.11. The van der Waals surface area contributed by atoms with Gasteiger partial charge in [0, 0.05) is 19.3 Å². The predicted octanol–water partition coefficient (Wildman–Crippen LogP) is 17.5. The third-order valence-corrected chi connectivity index (χ3v) is 12.0. The molecule has 0 unspecified atom stereocenters. The van der Waals surface area contributed by atoms with Crippen LogP contribution in [0.3, 0.4) is 0 Å². The Morgan fingerprint density at radius 3 is 0.934 bits per heavy atom. The van der Waals surface area contributed by atoms with Crippen LogP contribution in [0.4, 0.5) is 0 Å². The lowest BCUT2D eigenvalue weighted by Gasteiger charge is -2.18. The van der Waals surface area contributed by atoms with E-state index in [-0.39, 0.29) is 31.1 Å². The van der Waals surface area contributed by atoms with Gasteiger partial charge in [-0.25, -0.2) is 0 Å². The fraction of sp³-hybridized carbons (Fsp3) is 0.873. The minimum Gasteiger partial charge on any atom is -0.462 e. The average molecular weight is 859 g/mol. The van der Waals surface area contributed by atoms with E-state index in [1.54, 1.807) is 0 Å². The number of hydrogen-bond acceptors (Lipinski definition) is 6. The van der Waals surface area contributed by atoms with E-state index in [1.165, 1.54) is 180 Å². The molecule has 0 rings (SSSR count). The molecule has 0 heterocycles. The summed E-state index contributed by atoms with van der Waals surface area (Å²) in [7, 11) is 0. The Kier molecular flexibility index (Phi) is 48.8. The minimum atomic E-state index is -0.768. The second-order valence-electron chi connectivity index (χ2n) is 18.2. The topological polar surface area (TPSA) is 78.9 Å². The Morgan fingerprint density at radius 2 is 0.590 bits per heavy atom. The normalized spacial score (nSPS) is 12.1. The molecule has 6 nitrogen and oxygen atoms in total. The fourth-order valence-electron chi connectivity index (χ4n) is 7.89. The molecule has 0 aromatic rings. The number of ether oxygens (including phenoxy) is 3. The van der Waals surface area contributed by atoms with Crippen molar-refractivity contribution in [3.8, 4) is 0 Å². The van der Waals surface area contributed by atoms with Crippen LogP contribution in [0.25, 0.3) is 0 Å². The second kappa shape index (κ2) is 50.5. The van der Waals surface area contributed by atoms with Gasteiger partial charge < -0.3 is 14.2 Å². The van der Waals surface area contributed by atoms with Crippen molar-refractivity contribution in [2.45, 2.75) is 297 Å². The van der Waals surface area contributed by atoms with Crippen LogP contribution < -0.4 is 0 Å². The van der Waals surface area contributed by atoms with E-state index in [0.29, 0.717) is 19.3 Å². The van der Waals surface area contributed by atoms with Crippen molar-refractivity contribution in [2.75, 3.05) is 13.2 Å². The summed E-state index contributed by atoms with van der Waals surface area (Å²) >= 11 is 0. The second-order valence-corrected chi connectivity index (χ2v) is 18.2. The van der Waals surface area contributed by atoms with Crippen LogP contribution in [0.5, 0.6) is 0 Å². The van der Waals surface area contributed by atoms with Crippen LogP contribution in [0.2, 0.25) is 0 Å². The van der Waals surface area contributed by atoms with Crippen molar-refractivity contribution >= 4 is 17.9 Å². The largest absolute Gasteiger partial charge is 0.462 e. The number of carbonyl (C=O) groups excluding carboxylic acids is 3. The summed E-state index contributed by atoms with van der Waals surface area (Å²) in [5.41, 5.74) is 0. The number of rotatable bonds is 49. The summed E-state index contributed by atoms with van der Waals surface area (Å²) in [6.07, 6.45) is 57.3. The van der Waals surface area contributed by atoms with Crippen molar-refractivity contribution in [1.82, 2.24) is 0 Å². The Morgan fingerprint density at radius 1 is 0.328 bits per heavy atom. The highest BCUT2D eigenvalue weighted by molar-refractivity contribution is 5.71. The maximum Gasteiger partial charge on any atom is 0.306 e. The van der Waals surface area contributed by atoms with Crippen LogP contribution in [0.15, 0.2) is 24.3 Å². The molecule has 0 aliphatic carbocycles. The quantitative estimate of drug-likeness (QED) is 0.0262. The number of unbranched alkanes of at least 4 members (excludes halogenated alkanes) is 34. The van der Waals surface area contributed by atoms with E-state index in [0.717, 1.165) is 70.6 Å². The van der Waals surface area contributed by atoms with Crippen molar-refractivity contribution in [3.63, 3.8) is 0 Å². The first-order chi connectivity index (χ1) is 30.0. The summed E-state index contributed by atoms with van der Waals surface area (Å²) in [6, 6.07) is 0. The third-order valence-electron chi connectivity index (χ3n) is 12.0. The molecular formula is C55H102O6. The predicted molar refractivity (Wildman–Crippen MR) is 261 cm³/mol. The van der Waals surface area contributed by atoms with Gasteiger partial charge in [0.15, 0.2) is 6.10 Å². The molecule has 0 aliphatic heterocycles. The van der Waals surface area contributed by atoms with E-state index in [9.17, 15) is 14.4 Å². The zero-order valence-corrected chi connectivity index (χ0v) is 40.9. The van der Waals surface area contributed by atoms with Gasteiger partial charge >= 0.3 is 17.9 Å². The number of hydrogen-bond donors (Lipinski definition) is 0. The Balaban J connectivity index is 4.33. The van der Waals surface area contributed by atoms with E-state index in [2.05, 4.69) is 45.1 Å². The highest BCUT2D eigenvalue weighted by Gasteiger charge is 2.19. The third kappa shape index (κ3) is 48.8. The molecule has 0 amide bonds. The molecule has 0 fully saturated rings. The first-order valence-electron chi connectivity index (χ1n) is 26.8. The standard InChI is InChI=1S/C55H102O6/c1-4-7-10-13-16-19-22-25-27-28-29-31-33-36-39-42-45-48-54(57)60-51-52(50-59-53(56)47-44-41-38-35-32-24-21-18-15-12-9-6-3)61-55(58)49-46-43-40-37-34-30-26-23-20-17-14-11-8-5-2/h16,19,25,27,52H,4-15,17-18,20-24,26,28-51H2,1-3H3/b19-16-,27-25-/t52-/m1/s1. The highest BCUT2D eigenvalue weighted by Crippen LogP contribution is 2.16. The monoisotopic (exact) mass is 859 g/mol. The maximum absolute atomic E-state index is 12.8. The van der Waals surface area contributed by atoms with Crippen LogP contribution in [0, 0.1) is 0 Å². The van der Waals surface area contributed by atoms with Gasteiger partial charge in [-0.3, -0.25) is 14.4 Å². The molecule has 0 aliphatic rings. The van der Waals surface area contributed by atoms with Crippen molar-refractivity contribution < 1.29 is 28.6 Å². The molecule has 0 aromatic heterocycles. The molecule has 0 aromatic carbocycles. The number of allylic oxidation sites excluding steroid dienone is 4. The summed E-state index contributed by atoms with van der Waals surface area (Å²) in [6.45, 7) is 6.64. The number of esters is 3. The van der Waals surface area contributed by atoms with Gasteiger partial charge in [0.2, 0.25) is 0 Å². The molecule has 0 N–H and O–H groups in total. The minimum absolute atomic E-state index is 0.0686. The van der Waals surface area contributed by atoms with Crippen molar-refractivity contribution in [2.24, 2.45) is 0 Å². The van der Waals surface area contributed by atoms with Gasteiger partial charge in [-0.2, -0.15) is 0 Å². The first-order valence-corrected chi connectivity index (χ1v) is 26.8. The van der Waals surface area contributed by atoms with Gasteiger partial charge in [0.1, 0.15) is 13.2 Å². The summed E-state index contributed by atoms with van der Waals surface area (Å²) in [5.74, 6) is -0.861. The fourth-order valence-corrected chi connectivity index (χ4v) is 7.89. The molecule has 0 radical (unpaired) electrons. The molecular weight excluding hydrogens is 757 g/mol. The Labute approximate surface area is 379 Å². The molecule has 61 heavy (non-hydrogen) atoms. The zero-order chi connectivity index (χ0) is 44.4. The zero-order valence-electron chi connectivity index (χ0n) is 40.9. The Bertz CT molecular complexity index is 989. The van der Waals surface area contributed by atoms with Crippen LogP contribution >= 0.6 is 0 Å². The molecule has 1 atom stereocenters. The van der Waals surface area contributed by atoms with Crippen molar-refractivity contribution in [1.29, 1.82) is 0 Å². The summed E-state index contributed by atoms with van der Waals surface area (Å²) in [4.78, 5) is 38.0. The molecule has 0 spiro atoms. The number of carbonyl (C=O) groups is 3. The molecule has 6 heteroatoms. The van der Waals surface area contributed by atoms with Crippen LogP contribution in [0.1, 0.15) is 290 Å². The highest BCUT2D eigenvalue weighted by atomic mass is 16.6. The maximum atomic E-state index is 12.8. The summed E-state index contributed by atoms with van der Waals surface area (Å²) < 4.78 is 16.8. The van der Waals surface area contributed by atoms with Gasteiger partial charge in [0.25, 0.3) is 0 Å². The van der Waals surface area contributed by atoms with Gasteiger partial charge in [-0.1, -0.05) is 244 Å². The van der Waals surface area contributed by atoms with Crippen molar-refractivity contribution in [3.05, 3.63) is 24.3 Å². The van der Waals surface area contributed by atoms with E-state index < -0.39 is 6.10 Å². The molecule has 0 bridgehead atoms. The lowest BCUT2D eigenvalue weighted by molar-refractivity contribution is -0.167.